The molecule has 33 heavy (non-hydrogen) atoms. The second kappa shape index (κ2) is 11.8. The third kappa shape index (κ3) is 7.03. The molecular formula is C28H31BrN2O2. The predicted molar refractivity (Wildman–Crippen MR) is 137 cm³/mol. The number of hydrogen-bond donors (Lipinski definition) is 1. The van der Waals surface area contributed by atoms with Crippen LogP contribution in [0.3, 0.4) is 0 Å². The van der Waals surface area contributed by atoms with E-state index in [1.54, 1.807) is 11.8 Å². The smallest absolute Gasteiger partial charge is 0.242 e. The molecule has 4 nitrogen and oxygen atoms in total. The number of halogens is 1. The van der Waals surface area contributed by atoms with Gasteiger partial charge in [0.15, 0.2) is 0 Å². The van der Waals surface area contributed by atoms with Crippen molar-refractivity contribution in [3.8, 4) is 0 Å². The van der Waals surface area contributed by atoms with Crippen LogP contribution in [-0.4, -0.2) is 28.8 Å². The highest BCUT2D eigenvalue weighted by Gasteiger charge is 2.29. The summed E-state index contributed by atoms with van der Waals surface area (Å²) < 4.78 is 0.943. The molecule has 0 aromatic heterocycles. The Morgan fingerprint density at radius 1 is 0.848 bits per heavy atom. The number of amides is 2. The first-order valence-corrected chi connectivity index (χ1v) is 12.1. The van der Waals surface area contributed by atoms with Crippen LogP contribution in [0.4, 0.5) is 0 Å². The van der Waals surface area contributed by atoms with Crippen molar-refractivity contribution in [2.45, 2.75) is 51.7 Å². The summed E-state index contributed by atoms with van der Waals surface area (Å²) in [6, 6.07) is 27.4. The van der Waals surface area contributed by atoms with E-state index in [1.165, 1.54) is 0 Å². The van der Waals surface area contributed by atoms with Crippen LogP contribution in [0, 0.1) is 0 Å². The van der Waals surface area contributed by atoms with Crippen LogP contribution in [0.2, 0.25) is 0 Å². The average Bonchev–Trinajstić information content (AvgIpc) is 2.81. The molecule has 0 saturated carbocycles. The average molecular weight is 507 g/mol. The minimum Gasteiger partial charge on any atom is -0.352 e. The topological polar surface area (TPSA) is 49.4 Å². The van der Waals surface area contributed by atoms with Crippen molar-refractivity contribution < 1.29 is 9.59 Å². The maximum absolute atomic E-state index is 13.8. The highest BCUT2D eigenvalue weighted by Crippen LogP contribution is 2.29. The Morgan fingerprint density at radius 3 is 1.94 bits per heavy atom. The van der Waals surface area contributed by atoms with Crippen LogP contribution in [0.5, 0.6) is 0 Å². The highest BCUT2D eigenvalue weighted by molar-refractivity contribution is 9.10. The van der Waals surface area contributed by atoms with Gasteiger partial charge < -0.3 is 10.2 Å². The summed E-state index contributed by atoms with van der Waals surface area (Å²) in [6.07, 6.45) is 0.279. The monoisotopic (exact) mass is 506 g/mol. The molecular weight excluding hydrogens is 476 g/mol. The van der Waals surface area contributed by atoms with Crippen LogP contribution in [0.25, 0.3) is 0 Å². The van der Waals surface area contributed by atoms with Gasteiger partial charge in [0.25, 0.3) is 0 Å². The SMILES string of the molecule is CC(C)NC(=O)[C@@H](C)N(Cc1cccc(Br)c1)C(=O)CC(c1ccccc1)c1ccccc1. The van der Waals surface area contributed by atoms with Gasteiger partial charge >= 0.3 is 0 Å². The molecule has 3 aromatic carbocycles. The van der Waals surface area contributed by atoms with E-state index in [2.05, 4.69) is 45.5 Å². The number of benzene rings is 3. The number of nitrogens with zero attached hydrogens (tertiary/aromatic N) is 1. The minimum atomic E-state index is -0.592. The predicted octanol–water partition coefficient (Wildman–Crippen LogP) is 5.91. The quantitative estimate of drug-likeness (QED) is 0.391. The Kier molecular flexibility index (Phi) is 8.84. The third-order valence-electron chi connectivity index (χ3n) is 5.62. The summed E-state index contributed by atoms with van der Waals surface area (Å²) in [7, 11) is 0. The van der Waals surface area contributed by atoms with Crippen molar-refractivity contribution in [1.29, 1.82) is 0 Å². The standard InChI is InChI=1S/C28H31BrN2O2/c1-20(2)30-28(33)21(3)31(19-22-11-10-16-25(29)17-22)27(32)18-26(23-12-6-4-7-13-23)24-14-8-5-9-15-24/h4-17,20-21,26H,18-19H2,1-3H3,(H,30,33)/t21-/m1/s1. The maximum atomic E-state index is 13.8. The fourth-order valence-electron chi connectivity index (χ4n) is 3.91. The van der Waals surface area contributed by atoms with E-state index in [9.17, 15) is 9.59 Å². The zero-order valence-electron chi connectivity index (χ0n) is 19.4. The molecule has 1 N–H and O–H groups in total. The van der Waals surface area contributed by atoms with Gasteiger partial charge in [0.2, 0.25) is 11.8 Å². The van der Waals surface area contributed by atoms with Crippen LogP contribution in [-0.2, 0) is 16.1 Å². The van der Waals surface area contributed by atoms with E-state index in [0.717, 1.165) is 21.2 Å². The lowest BCUT2D eigenvalue weighted by atomic mass is 9.88. The Labute approximate surface area is 205 Å². The van der Waals surface area contributed by atoms with E-state index in [1.807, 2.05) is 74.5 Å². The van der Waals surface area contributed by atoms with E-state index in [0.29, 0.717) is 6.54 Å². The second-order valence-electron chi connectivity index (χ2n) is 8.57. The Hall–Kier alpha value is -2.92. The number of hydrogen-bond acceptors (Lipinski definition) is 2. The van der Waals surface area contributed by atoms with Crippen molar-refractivity contribution >= 4 is 27.7 Å². The van der Waals surface area contributed by atoms with Crippen molar-refractivity contribution in [3.05, 3.63) is 106 Å². The number of nitrogens with one attached hydrogen (secondary N) is 1. The largest absolute Gasteiger partial charge is 0.352 e. The van der Waals surface area contributed by atoms with Gasteiger partial charge in [0.05, 0.1) is 0 Å². The molecule has 1 atom stereocenters. The molecule has 0 fully saturated rings. The van der Waals surface area contributed by atoms with E-state index in [-0.39, 0.29) is 30.2 Å². The zero-order chi connectivity index (χ0) is 23.8. The molecule has 3 rings (SSSR count). The molecule has 172 valence electrons. The van der Waals surface area contributed by atoms with E-state index >= 15 is 0 Å². The molecule has 0 aliphatic rings. The zero-order valence-corrected chi connectivity index (χ0v) is 21.0. The van der Waals surface area contributed by atoms with Crippen molar-refractivity contribution in [2.24, 2.45) is 0 Å². The first-order valence-electron chi connectivity index (χ1n) is 11.3. The minimum absolute atomic E-state index is 0.00385. The number of carbonyl (C=O) groups is 2. The maximum Gasteiger partial charge on any atom is 0.242 e. The van der Waals surface area contributed by atoms with E-state index < -0.39 is 6.04 Å². The van der Waals surface area contributed by atoms with Gasteiger partial charge in [0.1, 0.15) is 6.04 Å². The van der Waals surface area contributed by atoms with Gasteiger partial charge in [-0.2, -0.15) is 0 Å². The van der Waals surface area contributed by atoms with Gasteiger partial charge in [-0.25, -0.2) is 0 Å². The lowest BCUT2D eigenvalue weighted by Crippen LogP contribution is -2.49. The fraction of sp³-hybridized carbons (Fsp3) is 0.286. The summed E-state index contributed by atoms with van der Waals surface area (Å²) in [5, 5.41) is 2.95. The summed E-state index contributed by atoms with van der Waals surface area (Å²) >= 11 is 3.51. The molecule has 0 bridgehead atoms. The van der Waals surface area contributed by atoms with Crippen molar-refractivity contribution in [3.63, 3.8) is 0 Å². The Morgan fingerprint density at radius 2 is 1.42 bits per heavy atom. The Balaban J connectivity index is 1.92. The van der Waals surface area contributed by atoms with Crippen molar-refractivity contribution in [2.75, 3.05) is 0 Å². The van der Waals surface area contributed by atoms with Gasteiger partial charge in [-0.15, -0.1) is 0 Å². The molecule has 0 aliphatic heterocycles. The second-order valence-corrected chi connectivity index (χ2v) is 9.48. The Bertz CT molecular complexity index is 1010. The van der Waals surface area contributed by atoms with E-state index in [4.69, 9.17) is 0 Å². The summed E-state index contributed by atoms with van der Waals surface area (Å²) in [5.41, 5.74) is 3.13. The molecule has 0 heterocycles. The number of carbonyl (C=O) groups excluding carboxylic acids is 2. The van der Waals surface area contributed by atoms with Crippen LogP contribution >= 0.6 is 15.9 Å². The number of rotatable bonds is 9. The molecule has 0 spiro atoms. The molecule has 0 radical (unpaired) electrons. The molecule has 0 saturated heterocycles. The lowest BCUT2D eigenvalue weighted by Gasteiger charge is -2.31. The molecule has 2 amide bonds. The summed E-state index contributed by atoms with van der Waals surface area (Å²) in [6.45, 7) is 6.01. The molecule has 0 unspecified atom stereocenters. The molecule has 0 aliphatic carbocycles. The normalized spacial score (nSPS) is 11.9. The van der Waals surface area contributed by atoms with Gasteiger partial charge in [-0.1, -0.05) is 88.7 Å². The summed E-state index contributed by atoms with van der Waals surface area (Å²) in [5.74, 6) is -0.298. The highest BCUT2D eigenvalue weighted by atomic mass is 79.9. The van der Waals surface area contributed by atoms with Crippen LogP contribution in [0.15, 0.2) is 89.4 Å². The lowest BCUT2D eigenvalue weighted by molar-refractivity contribution is -0.141. The molecule has 3 aromatic rings. The van der Waals surface area contributed by atoms with Gasteiger partial charge in [-0.3, -0.25) is 9.59 Å². The fourth-order valence-corrected chi connectivity index (χ4v) is 4.36. The summed E-state index contributed by atoms with van der Waals surface area (Å²) in [4.78, 5) is 28.3. The van der Waals surface area contributed by atoms with Crippen LogP contribution < -0.4 is 5.32 Å². The first kappa shape index (κ1) is 24.7. The van der Waals surface area contributed by atoms with Crippen molar-refractivity contribution in [1.82, 2.24) is 10.2 Å². The third-order valence-corrected chi connectivity index (χ3v) is 6.12. The molecule has 5 heteroatoms. The first-order chi connectivity index (χ1) is 15.8. The van der Waals surface area contributed by atoms with Gasteiger partial charge in [-0.05, 0) is 49.6 Å². The van der Waals surface area contributed by atoms with Crippen LogP contribution in [0.1, 0.15) is 49.8 Å². The van der Waals surface area contributed by atoms with Gasteiger partial charge in [0, 0.05) is 29.4 Å².